The molecule has 3 rings (SSSR count). The Morgan fingerprint density at radius 1 is 1.21 bits per heavy atom. The van der Waals surface area contributed by atoms with Crippen molar-refractivity contribution in [2.45, 2.75) is 32.2 Å². The minimum absolute atomic E-state index is 0.553. The van der Waals surface area contributed by atoms with Gasteiger partial charge in [0, 0.05) is 24.1 Å². The molecule has 2 nitrogen and oxygen atoms in total. The molecule has 19 heavy (non-hydrogen) atoms. The number of hydrogen-bond donors (Lipinski definition) is 1. The fourth-order valence-electron chi connectivity index (χ4n) is 3.69. The molecule has 0 radical (unpaired) electrons. The summed E-state index contributed by atoms with van der Waals surface area (Å²) in [6, 6.07) is 8.63. The molecule has 1 spiro atoms. The first kappa shape index (κ1) is 13.6. The minimum Gasteiger partial charge on any atom is -0.316 e. The molecule has 2 aliphatic heterocycles. The van der Waals surface area contributed by atoms with Crippen molar-refractivity contribution < 1.29 is 0 Å². The topological polar surface area (TPSA) is 15.3 Å². The highest BCUT2D eigenvalue weighted by atomic mass is 79.9. The Balaban J connectivity index is 1.67. The third-order valence-electron chi connectivity index (χ3n) is 4.65. The van der Waals surface area contributed by atoms with Gasteiger partial charge in [0.2, 0.25) is 0 Å². The van der Waals surface area contributed by atoms with Gasteiger partial charge in [0.05, 0.1) is 0 Å². The van der Waals surface area contributed by atoms with Crippen molar-refractivity contribution in [1.82, 2.24) is 10.2 Å². The summed E-state index contributed by atoms with van der Waals surface area (Å²) in [7, 11) is 0. The van der Waals surface area contributed by atoms with Crippen molar-refractivity contribution in [3.63, 3.8) is 0 Å². The van der Waals surface area contributed by atoms with Crippen LogP contribution in [0.4, 0.5) is 0 Å². The average molecular weight is 323 g/mol. The monoisotopic (exact) mass is 322 g/mol. The number of nitrogens with one attached hydrogen (secondary N) is 1. The summed E-state index contributed by atoms with van der Waals surface area (Å²) in [5, 5.41) is 3.61. The Bertz CT molecular complexity index is 421. The van der Waals surface area contributed by atoms with Crippen LogP contribution in [0.2, 0.25) is 0 Å². The van der Waals surface area contributed by atoms with Crippen molar-refractivity contribution in [2.75, 3.05) is 26.2 Å². The maximum atomic E-state index is 3.67. The Kier molecular flexibility index (Phi) is 4.25. The number of piperidine rings is 2. The van der Waals surface area contributed by atoms with Crippen LogP contribution in [-0.4, -0.2) is 31.1 Å². The van der Waals surface area contributed by atoms with Crippen LogP contribution < -0.4 is 5.32 Å². The van der Waals surface area contributed by atoms with Gasteiger partial charge in [-0.2, -0.15) is 0 Å². The molecular formula is C16H23BrN2. The van der Waals surface area contributed by atoms with Gasteiger partial charge < -0.3 is 5.32 Å². The highest BCUT2D eigenvalue weighted by molar-refractivity contribution is 9.10. The number of nitrogens with zero attached hydrogens (tertiary/aromatic N) is 1. The van der Waals surface area contributed by atoms with E-state index in [1.54, 1.807) is 0 Å². The molecule has 2 heterocycles. The van der Waals surface area contributed by atoms with E-state index in [4.69, 9.17) is 0 Å². The Morgan fingerprint density at radius 2 is 2.05 bits per heavy atom. The number of likely N-dealkylation sites (tertiary alicyclic amines) is 1. The highest BCUT2D eigenvalue weighted by Gasteiger charge is 2.36. The quantitative estimate of drug-likeness (QED) is 0.897. The SMILES string of the molecule is Brc1ccccc1CN1CCCC2(CCCNC2)C1. The first-order valence-corrected chi connectivity index (χ1v) is 8.23. The standard InChI is InChI=1S/C16H23BrN2/c17-15-6-2-1-5-14(15)11-19-10-4-8-16(13-19)7-3-9-18-12-16/h1-2,5-6,18H,3-4,7-13H2. The first-order chi connectivity index (χ1) is 9.27. The lowest BCUT2D eigenvalue weighted by Gasteiger charge is -2.45. The van der Waals surface area contributed by atoms with E-state index in [-0.39, 0.29) is 0 Å². The normalized spacial score (nSPS) is 28.7. The summed E-state index contributed by atoms with van der Waals surface area (Å²) in [5.74, 6) is 0. The molecule has 2 fully saturated rings. The maximum absolute atomic E-state index is 3.67. The van der Waals surface area contributed by atoms with Gasteiger partial charge in [0.1, 0.15) is 0 Å². The van der Waals surface area contributed by atoms with Gasteiger partial charge in [-0.25, -0.2) is 0 Å². The first-order valence-electron chi connectivity index (χ1n) is 7.44. The van der Waals surface area contributed by atoms with Crippen LogP contribution in [0.15, 0.2) is 28.7 Å². The van der Waals surface area contributed by atoms with Crippen molar-refractivity contribution in [3.05, 3.63) is 34.3 Å². The summed E-state index contributed by atoms with van der Waals surface area (Å²) >= 11 is 3.67. The lowest BCUT2D eigenvalue weighted by molar-refractivity contribution is 0.0599. The van der Waals surface area contributed by atoms with E-state index in [0.717, 1.165) is 6.54 Å². The summed E-state index contributed by atoms with van der Waals surface area (Å²) in [5.41, 5.74) is 1.97. The van der Waals surface area contributed by atoms with Crippen molar-refractivity contribution >= 4 is 15.9 Å². The van der Waals surface area contributed by atoms with E-state index in [9.17, 15) is 0 Å². The van der Waals surface area contributed by atoms with Gasteiger partial charge in [-0.15, -0.1) is 0 Å². The lowest BCUT2D eigenvalue weighted by Crippen LogP contribution is -2.50. The van der Waals surface area contributed by atoms with E-state index in [0.29, 0.717) is 5.41 Å². The molecule has 1 unspecified atom stereocenters. The second kappa shape index (κ2) is 5.94. The lowest BCUT2D eigenvalue weighted by atomic mass is 9.74. The second-order valence-electron chi connectivity index (χ2n) is 6.19. The summed E-state index contributed by atoms with van der Waals surface area (Å²) in [6.07, 6.45) is 5.52. The zero-order chi connectivity index (χ0) is 13.1. The molecule has 104 valence electrons. The Labute approximate surface area is 124 Å². The van der Waals surface area contributed by atoms with Crippen LogP contribution >= 0.6 is 15.9 Å². The summed E-state index contributed by atoms with van der Waals surface area (Å²) in [4.78, 5) is 2.65. The third-order valence-corrected chi connectivity index (χ3v) is 5.43. The zero-order valence-corrected chi connectivity index (χ0v) is 13.1. The van der Waals surface area contributed by atoms with E-state index < -0.39 is 0 Å². The van der Waals surface area contributed by atoms with Crippen LogP contribution in [0.5, 0.6) is 0 Å². The van der Waals surface area contributed by atoms with Crippen LogP contribution in [0, 0.1) is 5.41 Å². The fraction of sp³-hybridized carbons (Fsp3) is 0.625. The molecule has 1 atom stereocenters. The molecule has 1 aromatic rings. The van der Waals surface area contributed by atoms with Gasteiger partial charge in [-0.3, -0.25) is 4.90 Å². The van der Waals surface area contributed by atoms with Gasteiger partial charge in [0.25, 0.3) is 0 Å². The molecule has 3 heteroatoms. The van der Waals surface area contributed by atoms with Gasteiger partial charge in [-0.05, 0) is 55.8 Å². The van der Waals surface area contributed by atoms with Crippen molar-refractivity contribution in [3.8, 4) is 0 Å². The molecular weight excluding hydrogens is 300 g/mol. The second-order valence-corrected chi connectivity index (χ2v) is 7.04. The van der Waals surface area contributed by atoms with E-state index in [1.165, 1.54) is 61.9 Å². The van der Waals surface area contributed by atoms with E-state index >= 15 is 0 Å². The summed E-state index contributed by atoms with van der Waals surface area (Å²) < 4.78 is 1.25. The molecule has 2 aliphatic rings. The molecule has 0 saturated carbocycles. The predicted molar refractivity (Wildman–Crippen MR) is 83.2 cm³/mol. The average Bonchev–Trinajstić information content (AvgIpc) is 2.42. The molecule has 1 aromatic carbocycles. The van der Waals surface area contributed by atoms with E-state index in [2.05, 4.69) is 50.4 Å². The molecule has 2 saturated heterocycles. The van der Waals surface area contributed by atoms with Crippen LogP contribution in [0.25, 0.3) is 0 Å². The largest absolute Gasteiger partial charge is 0.316 e. The Hall–Kier alpha value is -0.380. The number of halogens is 1. The fourth-order valence-corrected chi connectivity index (χ4v) is 4.10. The van der Waals surface area contributed by atoms with Crippen molar-refractivity contribution in [2.24, 2.45) is 5.41 Å². The van der Waals surface area contributed by atoms with E-state index in [1.807, 2.05) is 0 Å². The number of rotatable bonds is 2. The smallest absolute Gasteiger partial charge is 0.0245 e. The van der Waals surface area contributed by atoms with Gasteiger partial charge in [0.15, 0.2) is 0 Å². The minimum atomic E-state index is 0.553. The van der Waals surface area contributed by atoms with Crippen LogP contribution in [0.1, 0.15) is 31.2 Å². The van der Waals surface area contributed by atoms with Crippen LogP contribution in [0.3, 0.4) is 0 Å². The number of benzene rings is 1. The zero-order valence-electron chi connectivity index (χ0n) is 11.5. The van der Waals surface area contributed by atoms with Gasteiger partial charge >= 0.3 is 0 Å². The molecule has 1 N–H and O–H groups in total. The van der Waals surface area contributed by atoms with Crippen LogP contribution in [-0.2, 0) is 6.54 Å². The highest BCUT2D eigenvalue weighted by Crippen LogP contribution is 2.36. The van der Waals surface area contributed by atoms with Gasteiger partial charge in [-0.1, -0.05) is 34.1 Å². The third kappa shape index (κ3) is 3.21. The number of hydrogen-bond acceptors (Lipinski definition) is 2. The molecule has 0 aromatic heterocycles. The van der Waals surface area contributed by atoms with Crippen molar-refractivity contribution in [1.29, 1.82) is 0 Å². The predicted octanol–water partition coefficient (Wildman–Crippen LogP) is 3.41. The maximum Gasteiger partial charge on any atom is 0.0245 e. The molecule has 0 aliphatic carbocycles. The molecule has 0 bridgehead atoms. The summed E-state index contributed by atoms with van der Waals surface area (Å²) in [6.45, 7) is 6.04. The molecule has 0 amide bonds. The Morgan fingerprint density at radius 3 is 2.84 bits per heavy atom.